The average Bonchev–Trinajstić information content (AvgIpc) is 2.47. The molecule has 1 N–H and O–H groups in total. The Labute approximate surface area is 107 Å². The van der Waals surface area contributed by atoms with E-state index in [0.717, 1.165) is 17.9 Å². The SMILES string of the molecule is COC1=CC(c2ccc3ccccc3c2)=CNC1. The summed E-state index contributed by atoms with van der Waals surface area (Å²) in [7, 11) is 1.71. The van der Waals surface area contributed by atoms with E-state index in [0.29, 0.717) is 0 Å². The molecule has 0 aliphatic carbocycles. The van der Waals surface area contributed by atoms with Crippen molar-refractivity contribution >= 4 is 16.3 Å². The van der Waals surface area contributed by atoms with E-state index in [1.165, 1.54) is 16.3 Å². The number of ether oxygens (including phenoxy) is 1. The fourth-order valence-corrected chi connectivity index (χ4v) is 2.19. The number of hydrogen-bond donors (Lipinski definition) is 1. The molecule has 1 aliphatic heterocycles. The number of dihydropyridines is 1. The second-order valence-electron chi connectivity index (χ2n) is 4.36. The van der Waals surface area contributed by atoms with Crippen molar-refractivity contribution in [2.24, 2.45) is 0 Å². The van der Waals surface area contributed by atoms with E-state index in [-0.39, 0.29) is 0 Å². The van der Waals surface area contributed by atoms with E-state index in [1.807, 2.05) is 6.20 Å². The molecular weight excluding hydrogens is 222 g/mol. The van der Waals surface area contributed by atoms with Gasteiger partial charge in [0.2, 0.25) is 0 Å². The Balaban J connectivity index is 2.04. The van der Waals surface area contributed by atoms with Crippen molar-refractivity contribution in [3.8, 4) is 0 Å². The van der Waals surface area contributed by atoms with Crippen molar-refractivity contribution in [2.45, 2.75) is 0 Å². The molecule has 3 rings (SSSR count). The number of benzene rings is 2. The van der Waals surface area contributed by atoms with Crippen molar-refractivity contribution in [3.05, 3.63) is 66.1 Å². The van der Waals surface area contributed by atoms with Crippen LogP contribution < -0.4 is 5.32 Å². The third-order valence-corrected chi connectivity index (χ3v) is 3.20. The van der Waals surface area contributed by atoms with E-state index in [4.69, 9.17) is 4.74 Å². The van der Waals surface area contributed by atoms with Gasteiger partial charge in [0.1, 0.15) is 5.76 Å². The van der Waals surface area contributed by atoms with E-state index >= 15 is 0 Å². The largest absolute Gasteiger partial charge is 0.499 e. The maximum absolute atomic E-state index is 5.29. The Kier molecular flexibility index (Phi) is 2.77. The molecule has 0 aromatic heterocycles. The number of rotatable bonds is 2. The van der Waals surface area contributed by atoms with Crippen LogP contribution in [0.3, 0.4) is 0 Å². The third-order valence-electron chi connectivity index (χ3n) is 3.20. The molecule has 0 bridgehead atoms. The van der Waals surface area contributed by atoms with Crippen LogP contribution in [0, 0.1) is 0 Å². The summed E-state index contributed by atoms with van der Waals surface area (Å²) in [5, 5.41) is 5.75. The lowest BCUT2D eigenvalue weighted by Gasteiger charge is -2.15. The number of methoxy groups -OCH3 is 1. The topological polar surface area (TPSA) is 21.3 Å². The lowest BCUT2D eigenvalue weighted by Crippen LogP contribution is -2.15. The monoisotopic (exact) mass is 237 g/mol. The first-order valence-corrected chi connectivity index (χ1v) is 6.04. The fraction of sp³-hybridized carbons (Fsp3) is 0.125. The van der Waals surface area contributed by atoms with Gasteiger partial charge in [-0.25, -0.2) is 0 Å². The van der Waals surface area contributed by atoms with Gasteiger partial charge in [-0.2, -0.15) is 0 Å². The first-order chi connectivity index (χ1) is 8.86. The molecule has 0 atom stereocenters. The van der Waals surface area contributed by atoms with Crippen LogP contribution >= 0.6 is 0 Å². The minimum atomic E-state index is 0.758. The molecular formula is C16H15NO. The minimum absolute atomic E-state index is 0.758. The van der Waals surface area contributed by atoms with E-state index in [1.54, 1.807) is 7.11 Å². The molecule has 1 aliphatic rings. The quantitative estimate of drug-likeness (QED) is 0.865. The molecule has 0 unspecified atom stereocenters. The molecule has 0 saturated heterocycles. The summed E-state index contributed by atoms with van der Waals surface area (Å²) in [5.41, 5.74) is 2.36. The molecule has 2 nitrogen and oxygen atoms in total. The highest BCUT2D eigenvalue weighted by Crippen LogP contribution is 2.24. The summed E-state index contributed by atoms with van der Waals surface area (Å²) >= 11 is 0. The van der Waals surface area contributed by atoms with E-state index in [2.05, 4.69) is 53.9 Å². The van der Waals surface area contributed by atoms with Gasteiger partial charge in [-0.15, -0.1) is 0 Å². The second kappa shape index (κ2) is 4.57. The number of nitrogens with one attached hydrogen (secondary N) is 1. The summed E-state index contributed by atoms with van der Waals surface area (Å²) in [5.74, 6) is 0.959. The molecule has 18 heavy (non-hydrogen) atoms. The number of allylic oxidation sites excluding steroid dienone is 2. The highest BCUT2D eigenvalue weighted by molar-refractivity contribution is 5.88. The fourth-order valence-electron chi connectivity index (χ4n) is 2.19. The minimum Gasteiger partial charge on any atom is -0.499 e. The van der Waals surface area contributed by atoms with Crippen LogP contribution in [-0.2, 0) is 4.74 Å². The third kappa shape index (κ3) is 1.97. The molecule has 1 heterocycles. The molecule has 0 saturated carbocycles. The summed E-state index contributed by atoms with van der Waals surface area (Å²) in [4.78, 5) is 0. The van der Waals surface area contributed by atoms with Crippen molar-refractivity contribution in [1.29, 1.82) is 0 Å². The number of fused-ring (bicyclic) bond motifs is 1. The highest BCUT2D eigenvalue weighted by Gasteiger charge is 2.07. The van der Waals surface area contributed by atoms with Gasteiger partial charge < -0.3 is 10.1 Å². The predicted octanol–water partition coefficient (Wildman–Crippen LogP) is 3.31. The molecule has 0 amide bonds. The zero-order chi connectivity index (χ0) is 12.4. The Morgan fingerprint density at radius 1 is 1.06 bits per heavy atom. The Morgan fingerprint density at radius 2 is 1.89 bits per heavy atom. The molecule has 90 valence electrons. The van der Waals surface area contributed by atoms with Gasteiger partial charge >= 0.3 is 0 Å². The van der Waals surface area contributed by atoms with Crippen LogP contribution in [0.4, 0.5) is 0 Å². The van der Waals surface area contributed by atoms with Crippen molar-refractivity contribution in [2.75, 3.05) is 13.7 Å². The first-order valence-electron chi connectivity index (χ1n) is 6.04. The van der Waals surface area contributed by atoms with Gasteiger partial charge in [-0.05, 0) is 28.5 Å². The summed E-state index contributed by atoms with van der Waals surface area (Å²) in [6.07, 6.45) is 4.12. The van der Waals surface area contributed by atoms with Crippen molar-refractivity contribution < 1.29 is 4.74 Å². The Morgan fingerprint density at radius 3 is 2.72 bits per heavy atom. The van der Waals surface area contributed by atoms with Gasteiger partial charge in [-0.3, -0.25) is 0 Å². The predicted molar refractivity (Wildman–Crippen MR) is 75.0 cm³/mol. The normalized spacial score (nSPS) is 14.7. The smallest absolute Gasteiger partial charge is 0.115 e. The maximum atomic E-state index is 5.29. The van der Waals surface area contributed by atoms with Crippen molar-refractivity contribution in [3.63, 3.8) is 0 Å². The molecule has 0 spiro atoms. The molecule has 2 aromatic carbocycles. The van der Waals surface area contributed by atoms with Gasteiger partial charge in [0, 0.05) is 11.8 Å². The number of hydrogen-bond acceptors (Lipinski definition) is 2. The Bertz CT molecular complexity index is 640. The van der Waals surface area contributed by atoms with E-state index in [9.17, 15) is 0 Å². The molecule has 0 radical (unpaired) electrons. The molecule has 2 aromatic rings. The summed E-state index contributed by atoms with van der Waals surface area (Å²) in [6.45, 7) is 0.758. The lowest BCUT2D eigenvalue weighted by molar-refractivity contribution is 0.282. The first kappa shape index (κ1) is 10.9. The van der Waals surface area contributed by atoms with E-state index < -0.39 is 0 Å². The van der Waals surface area contributed by atoms with Crippen LogP contribution in [0.15, 0.2) is 60.5 Å². The summed E-state index contributed by atoms with van der Waals surface area (Å²) < 4.78 is 5.29. The van der Waals surface area contributed by atoms with Gasteiger partial charge in [0.25, 0.3) is 0 Å². The van der Waals surface area contributed by atoms with Crippen LogP contribution in [0.2, 0.25) is 0 Å². The lowest BCUT2D eigenvalue weighted by atomic mass is 10.0. The highest BCUT2D eigenvalue weighted by atomic mass is 16.5. The standard InChI is InChI=1S/C16H15NO/c1-18-16-9-15(10-17-11-16)14-7-6-12-4-2-3-5-13(12)8-14/h2-10,17H,11H2,1H3. The zero-order valence-corrected chi connectivity index (χ0v) is 10.3. The Hall–Kier alpha value is -2.22. The van der Waals surface area contributed by atoms with Crippen LogP contribution in [-0.4, -0.2) is 13.7 Å². The van der Waals surface area contributed by atoms with Gasteiger partial charge in [0.15, 0.2) is 0 Å². The maximum Gasteiger partial charge on any atom is 0.115 e. The van der Waals surface area contributed by atoms with Gasteiger partial charge in [-0.1, -0.05) is 36.4 Å². The van der Waals surface area contributed by atoms with Crippen LogP contribution in [0.1, 0.15) is 5.56 Å². The molecule has 0 fully saturated rings. The van der Waals surface area contributed by atoms with Crippen LogP contribution in [0.5, 0.6) is 0 Å². The second-order valence-corrected chi connectivity index (χ2v) is 4.36. The van der Waals surface area contributed by atoms with Crippen molar-refractivity contribution in [1.82, 2.24) is 5.32 Å². The molecule has 2 heteroatoms. The van der Waals surface area contributed by atoms with Gasteiger partial charge in [0.05, 0.1) is 13.7 Å². The van der Waals surface area contributed by atoms with Crippen LogP contribution in [0.25, 0.3) is 16.3 Å². The average molecular weight is 237 g/mol. The summed E-state index contributed by atoms with van der Waals surface area (Å²) in [6, 6.07) is 14.9. The zero-order valence-electron chi connectivity index (χ0n) is 10.3.